The van der Waals surface area contributed by atoms with Crippen LogP contribution in [0.15, 0.2) is 28.1 Å². The van der Waals surface area contributed by atoms with Crippen LogP contribution < -0.4 is 5.32 Å². The average Bonchev–Trinajstić information content (AvgIpc) is 3.01. The van der Waals surface area contributed by atoms with E-state index in [0.29, 0.717) is 23.8 Å². The number of amides is 1. The van der Waals surface area contributed by atoms with Crippen molar-refractivity contribution in [3.63, 3.8) is 0 Å². The lowest BCUT2D eigenvalue weighted by molar-refractivity contribution is -0.113. The molecule has 0 aliphatic carbocycles. The van der Waals surface area contributed by atoms with Gasteiger partial charge in [0.1, 0.15) is 4.38 Å². The lowest BCUT2D eigenvalue weighted by Gasteiger charge is -2.20. The van der Waals surface area contributed by atoms with Gasteiger partial charge in [-0.25, -0.2) is 8.42 Å². The Hall–Kier alpha value is -0.740. The standard InChI is InChI=1S/C17H22ClN3O3S3/c18-14-6-5-13(27(23,24)21-8-3-1-2-4-9-21)11-15(14)20-16(22)12-26-17-19-7-10-25-17/h5-6,11H,1-4,7-10,12H2,(H,20,22). The summed E-state index contributed by atoms with van der Waals surface area (Å²) < 4.78 is 28.3. The van der Waals surface area contributed by atoms with Crippen molar-refractivity contribution in [3.05, 3.63) is 23.2 Å². The zero-order chi connectivity index (χ0) is 19.3. The van der Waals surface area contributed by atoms with E-state index in [-0.39, 0.29) is 16.6 Å². The fourth-order valence-electron chi connectivity index (χ4n) is 2.91. The number of aliphatic imine (C=N–C) groups is 1. The third-order valence-corrected chi connectivity index (χ3v) is 8.78. The molecule has 1 amide bonds. The van der Waals surface area contributed by atoms with Crippen molar-refractivity contribution in [2.45, 2.75) is 30.6 Å². The van der Waals surface area contributed by atoms with Crippen LogP contribution in [0, 0.1) is 0 Å². The molecule has 0 bridgehead atoms. The summed E-state index contributed by atoms with van der Waals surface area (Å²) in [6.45, 7) is 1.85. The van der Waals surface area contributed by atoms with E-state index in [1.54, 1.807) is 11.8 Å². The van der Waals surface area contributed by atoms with Crippen molar-refractivity contribution in [1.29, 1.82) is 0 Å². The highest BCUT2D eigenvalue weighted by molar-refractivity contribution is 8.39. The van der Waals surface area contributed by atoms with Crippen LogP contribution in [-0.4, -0.2) is 54.1 Å². The molecule has 2 heterocycles. The number of hydrogen-bond donors (Lipinski definition) is 1. The SMILES string of the molecule is O=C(CSC1=NCCS1)Nc1cc(S(=O)(=O)N2CCCCCC2)ccc1Cl. The highest BCUT2D eigenvalue weighted by atomic mass is 35.5. The van der Waals surface area contributed by atoms with Crippen LogP contribution in [0.5, 0.6) is 0 Å². The Morgan fingerprint density at radius 3 is 2.67 bits per heavy atom. The molecule has 27 heavy (non-hydrogen) atoms. The monoisotopic (exact) mass is 447 g/mol. The highest BCUT2D eigenvalue weighted by Gasteiger charge is 2.26. The second-order valence-corrected chi connectivity index (χ2v) is 10.9. The fourth-order valence-corrected chi connectivity index (χ4v) is 6.43. The molecule has 1 aromatic rings. The second kappa shape index (κ2) is 9.65. The summed E-state index contributed by atoms with van der Waals surface area (Å²) >= 11 is 9.19. The molecular formula is C17H22ClN3O3S3. The number of nitrogens with one attached hydrogen (secondary N) is 1. The van der Waals surface area contributed by atoms with Gasteiger partial charge in [-0.2, -0.15) is 4.31 Å². The normalized spacial score (nSPS) is 18.8. The number of carbonyl (C=O) groups is 1. The number of nitrogens with zero attached hydrogens (tertiary/aromatic N) is 2. The molecule has 10 heteroatoms. The molecule has 1 fully saturated rings. The Morgan fingerprint density at radius 2 is 2.00 bits per heavy atom. The van der Waals surface area contributed by atoms with E-state index < -0.39 is 10.0 Å². The van der Waals surface area contributed by atoms with E-state index in [1.807, 2.05) is 0 Å². The summed E-state index contributed by atoms with van der Waals surface area (Å²) in [5, 5.41) is 3.04. The van der Waals surface area contributed by atoms with Crippen molar-refractivity contribution in [1.82, 2.24) is 4.31 Å². The maximum absolute atomic E-state index is 12.9. The van der Waals surface area contributed by atoms with E-state index in [4.69, 9.17) is 11.6 Å². The van der Waals surface area contributed by atoms with E-state index in [0.717, 1.165) is 42.4 Å². The largest absolute Gasteiger partial charge is 0.324 e. The summed E-state index contributed by atoms with van der Waals surface area (Å²) in [7, 11) is -3.59. The average molecular weight is 448 g/mol. The van der Waals surface area contributed by atoms with Crippen LogP contribution >= 0.6 is 35.1 Å². The van der Waals surface area contributed by atoms with Gasteiger partial charge in [-0.15, -0.1) is 0 Å². The maximum atomic E-state index is 12.9. The van der Waals surface area contributed by atoms with Crippen molar-refractivity contribution >= 4 is 61.1 Å². The smallest absolute Gasteiger partial charge is 0.243 e. The molecule has 2 aliphatic heterocycles. The zero-order valence-corrected chi connectivity index (χ0v) is 18.0. The van der Waals surface area contributed by atoms with Crippen LogP contribution in [0.2, 0.25) is 5.02 Å². The summed E-state index contributed by atoms with van der Waals surface area (Å²) in [6.07, 6.45) is 3.84. The van der Waals surface area contributed by atoms with Crippen LogP contribution in [0.3, 0.4) is 0 Å². The van der Waals surface area contributed by atoms with Crippen LogP contribution in [0.4, 0.5) is 5.69 Å². The molecule has 2 aliphatic rings. The Bertz CT molecular complexity index is 822. The Morgan fingerprint density at radius 1 is 1.26 bits per heavy atom. The minimum atomic E-state index is -3.59. The lowest BCUT2D eigenvalue weighted by Crippen LogP contribution is -2.32. The van der Waals surface area contributed by atoms with E-state index in [2.05, 4.69) is 10.3 Å². The predicted octanol–water partition coefficient (Wildman–Crippen LogP) is 3.68. The quantitative estimate of drug-likeness (QED) is 0.744. The number of sulfonamides is 1. The topological polar surface area (TPSA) is 78.8 Å². The van der Waals surface area contributed by atoms with Gasteiger partial charge in [-0.05, 0) is 31.0 Å². The molecule has 1 aromatic carbocycles. The van der Waals surface area contributed by atoms with Gasteiger partial charge in [-0.3, -0.25) is 9.79 Å². The molecule has 1 saturated heterocycles. The van der Waals surface area contributed by atoms with Gasteiger partial charge in [0.15, 0.2) is 0 Å². The molecule has 3 rings (SSSR count). The molecular weight excluding hydrogens is 426 g/mol. The second-order valence-electron chi connectivity index (χ2n) is 6.29. The first-order valence-electron chi connectivity index (χ1n) is 8.86. The summed E-state index contributed by atoms with van der Waals surface area (Å²) in [6, 6.07) is 4.47. The third-order valence-electron chi connectivity index (χ3n) is 4.30. The molecule has 0 spiro atoms. The number of thioether (sulfide) groups is 2. The Kier molecular flexibility index (Phi) is 7.49. The van der Waals surface area contributed by atoms with E-state index >= 15 is 0 Å². The Labute approximate surface area is 173 Å². The number of carbonyl (C=O) groups excluding carboxylic acids is 1. The predicted molar refractivity (Wildman–Crippen MR) is 115 cm³/mol. The van der Waals surface area contributed by atoms with Crippen molar-refractivity contribution in [2.75, 3.05) is 36.5 Å². The molecule has 0 aromatic heterocycles. The van der Waals surface area contributed by atoms with Gasteiger partial charge >= 0.3 is 0 Å². The van der Waals surface area contributed by atoms with Crippen LogP contribution in [0.25, 0.3) is 0 Å². The lowest BCUT2D eigenvalue weighted by atomic mass is 10.2. The van der Waals surface area contributed by atoms with Gasteiger partial charge in [0.25, 0.3) is 0 Å². The molecule has 0 atom stereocenters. The Balaban J connectivity index is 1.70. The highest BCUT2D eigenvalue weighted by Crippen LogP contribution is 2.29. The first kappa shape index (κ1) is 21.0. The number of rotatable bonds is 5. The number of hydrogen-bond acceptors (Lipinski definition) is 6. The molecule has 6 nitrogen and oxygen atoms in total. The zero-order valence-electron chi connectivity index (χ0n) is 14.8. The van der Waals surface area contributed by atoms with Gasteiger partial charge in [0, 0.05) is 18.8 Å². The fraction of sp³-hybridized carbons (Fsp3) is 0.529. The maximum Gasteiger partial charge on any atom is 0.243 e. The molecule has 0 radical (unpaired) electrons. The van der Waals surface area contributed by atoms with E-state index in [9.17, 15) is 13.2 Å². The number of benzene rings is 1. The first-order valence-corrected chi connectivity index (χ1v) is 12.7. The van der Waals surface area contributed by atoms with Crippen molar-refractivity contribution in [2.24, 2.45) is 4.99 Å². The van der Waals surface area contributed by atoms with Gasteiger partial charge < -0.3 is 5.32 Å². The van der Waals surface area contributed by atoms with E-state index in [1.165, 1.54) is 34.3 Å². The van der Waals surface area contributed by atoms with Crippen molar-refractivity contribution in [3.8, 4) is 0 Å². The molecule has 0 unspecified atom stereocenters. The molecule has 0 saturated carbocycles. The summed E-state index contributed by atoms with van der Waals surface area (Å²) in [4.78, 5) is 16.7. The minimum Gasteiger partial charge on any atom is -0.324 e. The third kappa shape index (κ3) is 5.63. The first-order chi connectivity index (χ1) is 13.0. The summed E-state index contributed by atoms with van der Waals surface area (Å²) in [5.41, 5.74) is 0.319. The molecule has 148 valence electrons. The van der Waals surface area contributed by atoms with Crippen LogP contribution in [0.1, 0.15) is 25.7 Å². The van der Waals surface area contributed by atoms with Gasteiger partial charge in [0.2, 0.25) is 15.9 Å². The number of anilines is 1. The number of halogens is 1. The molecule has 1 N–H and O–H groups in total. The van der Waals surface area contributed by atoms with Gasteiger partial charge in [-0.1, -0.05) is 48.0 Å². The minimum absolute atomic E-state index is 0.160. The summed E-state index contributed by atoms with van der Waals surface area (Å²) in [5.74, 6) is 0.929. The van der Waals surface area contributed by atoms with Crippen LogP contribution in [-0.2, 0) is 14.8 Å². The van der Waals surface area contributed by atoms with Gasteiger partial charge in [0.05, 0.1) is 27.9 Å². The van der Waals surface area contributed by atoms with Crippen molar-refractivity contribution < 1.29 is 13.2 Å².